The number of rotatable bonds is 15. The third-order valence-corrected chi connectivity index (χ3v) is 14.6. The van der Waals surface area contributed by atoms with E-state index in [1.165, 1.54) is 11.8 Å². The maximum absolute atomic E-state index is 12.6. The molecular weight excluding hydrogens is 649 g/mol. The summed E-state index contributed by atoms with van der Waals surface area (Å²) in [4.78, 5) is 0. The third-order valence-electron chi connectivity index (χ3n) is 8.74. The highest BCUT2D eigenvalue weighted by atomic mass is 32.2. The summed E-state index contributed by atoms with van der Waals surface area (Å²) in [5.74, 6) is 9.31. The van der Waals surface area contributed by atoms with Crippen LogP contribution in [0, 0.1) is 11.8 Å². The smallest absolute Gasteiger partial charge is 0.192 e. The maximum Gasteiger partial charge on any atom is 0.192 e. The van der Waals surface area contributed by atoms with Crippen LogP contribution in [0.4, 0.5) is 0 Å². The Hall–Kier alpha value is -3.37. The van der Waals surface area contributed by atoms with Gasteiger partial charge in [-0.05, 0) is 78.5 Å². The summed E-state index contributed by atoms with van der Waals surface area (Å²) in [6, 6.07) is 20.2. The van der Waals surface area contributed by atoms with E-state index in [0.29, 0.717) is 41.8 Å². The standard InChI is InChI=1S/C37H48O9SSi/c1-35(2,3)48(7,8)46-23-22-42-30-16-14-29(15-17-30)41-21-9-20-36(38)33-19-18-32(45-27-40-5)24-34(33)43-25-37(36,47-6)28-10-12-31(13-11-28)44-26-39-4/h10-19,24,38H,21-23,25-27H2,1-8H3. The molecule has 260 valence electrons. The van der Waals surface area contributed by atoms with Crippen LogP contribution in [0.15, 0.2) is 66.7 Å². The number of hydrogen-bond donors (Lipinski definition) is 1. The molecule has 2 atom stereocenters. The second-order valence-corrected chi connectivity index (χ2v) is 18.7. The van der Waals surface area contributed by atoms with Crippen LogP contribution < -0.4 is 23.7 Å². The molecule has 0 spiro atoms. The Kier molecular flexibility index (Phi) is 12.8. The molecule has 1 heterocycles. The van der Waals surface area contributed by atoms with Crippen LogP contribution in [-0.2, 0) is 24.2 Å². The molecule has 1 aliphatic heterocycles. The minimum Gasteiger partial charge on any atom is -0.491 e. The van der Waals surface area contributed by atoms with E-state index in [9.17, 15) is 5.11 Å². The van der Waals surface area contributed by atoms with Gasteiger partial charge in [0.1, 0.15) is 53.3 Å². The third kappa shape index (κ3) is 8.61. The Labute approximate surface area is 290 Å². The summed E-state index contributed by atoms with van der Waals surface area (Å²) in [7, 11) is 1.31. The van der Waals surface area contributed by atoms with E-state index >= 15 is 0 Å². The first-order chi connectivity index (χ1) is 22.9. The van der Waals surface area contributed by atoms with Gasteiger partial charge in [0.25, 0.3) is 0 Å². The minimum atomic E-state index is -1.81. The molecule has 0 saturated heterocycles. The van der Waals surface area contributed by atoms with Crippen molar-refractivity contribution >= 4 is 20.1 Å². The van der Waals surface area contributed by atoms with E-state index < -0.39 is 18.7 Å². The van der Waals surface area contributed by atoms with Crippen LogP contribution >= 0.6 is 11.8 Å². The molecule has 0 aliphatic carbocycles. The molecule has 3 aromatic carbocycles. The van der Waals surface area contributed by atoms with Crippen LogP contribution in [0.2, 0.25) is 18.1 Å². The highest BCUT2D eigenvalue weighted by molar-refractivity contribution is 7.99. The fraction of sp³-hybridized carbons (Fsp3) is 0.459. The van der Waals surface area contributed by atoms with Crippen molar-refractivity contribution in [3.8, 4) is 40.6 Å². The molecule has 2 unspecified atom stereocenters. The summed E-state index contributed by atoms with van der Waals surface area (Å²) < 4.78 is 44.6. The molecule has 0 saturated carbocycles. The van der Waals surface area contributed by atoms with E-state index in [1.54, 1.807) is 32.4 Å². The first kappa shape index (κ1) is 37.4. The molecule has 48 heavy (non-hydrogen) atoms. The van der Waals surface area contributed by atoms with E-state index in [0.717, 1.165) is 11.3 Å². The number of hydrogen-bond acceptors (Lipinski definition) is 10. The van der Waals surface area contributed by atoms with Crippen molar-refractivity contribution in [1.82, 2.24) is 0 Å². The maximum atomic E-state index is 12.6. The van der Waals surface area contributed by atoms with Gasteiger partial charge in [-0.2, -0.15) is 0 Å². The van der Waals surface area contributed by atoms with Gasteiger partial charge in [-0.1, -0.05) is 44.7 Å². The van der Waals surface area contributed by atoms with Crippen molar-refractivity contribution in [3.05, 3.63) is 77.9 Å². The first-order valence-corrected chi connectivity index (χ1v) is 19.9. The number of ether oxygens (including phenoxy) is 7. The van der Waals surface area contributed by atoms with Crippen molar-refractivity contribution in [2.24, 2.45) is 0 Å². The van der Waals surface area contributed by atoms with Crippen LogP contribution in [0.3, 0.4) is 0 Å². The highest BCUT2D eigenvalue weighted by Gasteiger charge is 2.56. The topological polar surface area (TPSA) is 94.1 Å². The molecule has 4 rings (SSSR count). The van der Waals surface area contributed by atoms with Gasteiger partial charge in [0, 0.05) is 25.8 Å². The second kappa shape index (κ2) is 16.4. The lowest BCUT2D eigenvalue weighted by atomic mass is 9.75. The van der Waals surface area contributed by atoms with Gasteiger partial charge >= 0.3 is 0 Å². The van der Waals surface area contributed by atoms with Crippen LogP contribution in [-0.4, -0.2) is 73.9 Å². The Bertz CT molecular complexity index is 1530. The van der Waals surface area contributed by atoms with Gasteiger partial charge in [0.05, 0.1) is 6.61 Å². The Morgan fingerprint density at radius 3 is 1.98 bits per heavy atom. The van der Waals surface area contributed by atoms with Gasteiger partial charge < -0.3 is 42.7 Å². The highest BCUT2D eigenvalue weighted by Crippen LogP contribution is 2.55. The molecule has 1 aliphatic rings. The van der Waals surface area contributed by atoms with Gasteiger partial charge in [-0.25, -0.2) is 0 Å². The van der Waals surface area contributed by atoms with Crippen LogP contribution in [0.5, 0.6) is 28.7 Å². The van der Waals surface area contributed by atoms with Gasteiger partial charge in [0.15, 0.2) is 27.5 Å². The zero-order valence-corrected chi connectivity index (χ0v) is 31.0. The normalized spacial score (nSPS) is 18.9. The predicted molar refractivity (Wildman–Crippen MR) is 191 cm³/mol. The van der Waals surface area contributed by atoms with E-state index in [2.05, 4.69) is 45.7 Å². The Morgan fingerprint density at radius 2 is 1.38 bits per heavy atom. The van der Waals surface area contributed by atoms with Gasteiger partial charge in [-0.3, -0.25) is 0 Å². The molecule has 3 aromatic rings. The molecule has 9 nitrogen and oxygen atoms in total. The number of methoxy groups -OCH3 is 2. The van der Waals surface area contributed by atoms with Gasteiger partial charge in [0.2, 0.25) is 0 Å². The predicted octanol–water partition coefficient (Wildman–Crippen LogP) is 6.97. The van der Waals surface area contributed by atoms with Crippen molar-refractivity contribution in [3.63, 3.8) is 0 Å². The van der Waals surface area contributed by atoms with Crippen molar-refractivity contribution in [2.45, 2.75) is 49.3 Å². The summed E-state index contributed by atoms with van der Waals surface area (Å²) in [5.41, 5.74) is -0.297. The Morgan fingerprint density at radius 1 is 0.812 bits per heavy atom. The Balaban J connectivity index is 1.51. The van der Waals surface area contributed by atoms with E-state index in [-0.39, 0.29) is 31.8 Å². The molecule has 0 aromatic heterocycles. The molecular formula is C37H48O9SSi. The monoisotopic (exact) mass is 696 g/mol. The van der Waals surface area contributed by atoms with Gasteiger partial charge in [-0.15, -0.1) is 11.8 Å². The fourth-order valence-corrected chi connectivity index (χ4v) is 6.99. The lowest BCUT2D eigenvalue weighted by molar-refractivity contribution is 0.00855. The SMILES string of the molecule is COCOc1ccc(C2(SC)COc3cc(OCOC)ccc3C2(O)C#CCOc2ccc(OCCO[Si](C)(C)C(C)(C)C)cc2)cc1. The largest absolute Gasteiger partial charge is 0.491 e. The zero-order valence-electron chi connectivity index (χ0n) is 29.2. The average Bonchev–Trinajstić information content (AvgIpc) is 3.07. The molecule has 0 amide bonds. The zero-order chi connectivity index (χ0) is 34.8. The molecule has 1 N–H and O–H groups in total. The second-order valence-electron chi connectivity index (χ2n) is 12.8. The number of benzene rings is 3. The number of thioether (sulfide) groups is 1. The van der Waals surface area contributed by atoms with Crippen LogP contribution in [0.25, 0.3) is 0 Å². The van der Waals surface area contributed by atoms with Crippen molar-refractivity contribution in [2.75, 3.05) is 60.5 Å². The summed E-state index contributed by atoms with van der Waals surface area (Å²) >= 11 is 1.47. The van der Waals surface area contributed by atoms with E-state index in [4.69, 9.17) is 37.6 Å². The molecule has 0 radical (unpaired) electrons. The minimum absolute atomic E-state index is 0.0579. The van der Waals surface area contributed by atoms with Crippen molar-refractivity contribution < 1.29 is 42.7 Å². The van der Waals surface area contributed by atoms with Crippen LogP contribution in [0.1, 0.15) is 31.9 Å². The summed E-state index contributed by atoms with van der Waals surface area (Å²) in [5, 5.41) is 12.8. The number of aliphatic hydroxyl groups is 1. The molecule has 0 bridgehead atoms. The lowest BCUT2D eigenvalue weighted by Crippen LogP contribution is -2.53. The van der Waals surface area contributed by atoms with Crippen molar-refractivity contribution in [1.29, 1.82) is 0 Å². The first-order valence-electron chi connectivity index (χ1n) is 15.8. The summed E-state index contributed by atoms with van der Waals surface area (Å²) in [6.07, 6.45) is 1.94. The fourth-order valence-electron chi connectivity index (χ4n) is 4.96. The molecule has 0 fully saturated rings. The molecule has 11 heteroatoms. The van der Waals surface area contributed by atoms with E-state index in [1.807, 2.05) is 54.8 Å². The quantitative estimate of drug-likeness (QED) is 0.0777. The average molecular weight is 697 g/mol. The summed E-state index contributed by atoms with van der Waals surface area (Å²) in [6.45, 7) is 12.6. The lowest BCUT2D eigenvalue weighted by Gasteiger charge is -2.47. The number of fused-ring (bicyclic) bond motifs is 1.